The lowest BCUT2D eigenvalue weighted by molar-refractivity contribution is 0.0693. The van der Waals surface area contributed by atoms with Crippen LogP contribution in [0.25, 0.3) is 0 Å². The topological polar surface area (TPSA) is 88.8 Å². The molecular weight excluding hydrogens is 298 g/mol. The molecule has 2 N–H and O–H groups in total. The molecule has 0 fully saturated rings. The van der Waals surface area contributed by atoms with Crippen LogP contribution >= 0.6 is 11.6 Å². The zero-order valence-electron chi connectivity index (χ0n) is 11.3. The van der Waals surface area contributed by atoms with Crippen molar-refractivity contribution in [1.29, 1.82) is 0 Å². The molecule has 0 aliphatic rings. The lowest BCUT2D eigenvalue weighted by atomic mass is 10.1. The molecule has 1 heterocycles. The molecule has 110 valence electrons. The van der Waals surface area contributed by atoms with E-state index in [1.807, 2.05) is 0 Å². The van der Waals surface area contributed by atoms with E-state index in [9.17, 15) is 9.59 Å². The van der Waals surface area contributed by atoms with Crippen molar-refractivity contribution in [2.75, 3.05) is 12.4 Å². The average molecular weight is 310 g/mol. The van der Waals surface area contributed by atoms with Crippen LogP contribution in [0.4, 0.5) is 5.69 Å². The Morgan fingerprint density at radius 3 is 2.57 bits per heavy atom. The van der Waals surface area contributed by atoms with E-state index in [-0.39, 0.29) is 27.8 Å². The number of rotatable bonds is 4. The van der Waals surface area contributed by atoms with Crippen LogP contribution in [0.2, 0.25) is 5.02 Å². The number of aromatic carboxylic acids is 1. The van der Waals surface area contributed by atoms with Gasteiger partial charge in [-0.2, -0.15) is 0 Å². The Labute approximate surface area is 125 Å². The van der Waals surface area contributed by atoms with Gasteiger partial charge < -0.3 is 19.6 Å². The zero-order valence-corrected chi connectivity index (χ0v) is 12.0. The van der Waals surface area contributed by atoms with Crippen molar-refractivity contribution in [2.24, 2.45) is 0 Å². The highest BCUT2D eigenvalue weighted by molar-refractivity contribution is 6.34. The first-order valence-electron chi connectivity index (χ1n) is 5.91. The van der Waals surface area contributed by atoms with Gasteiger partial charge in [0.25, 0.3) is 5.91 Å². The molecular formula is C14H12ClNO5. The van der Waals surface area contributed by atoms with E-state index in [1.165, 1.54) is 25.3 Å². The smallest absolute Gasteiger partial charge is 0.339 e. The number of amides is 1. The summed E-state index contributed by atoms with van der Waals surface area (Å²) < 4.78 is 10.2. The molecule has 0 atom stereocenters. The van der Waals surface area contributed by atoms with Gasteiger partial charge in [-0.1, -0.05) is 11.6 Å². The Morgan fingerprint density at radius 1 is 1.33 bits per heavy atom. The van der Waals surface area contributed by atoms with Crippen molar-refractivity contribution >= 4 is 29.2 Å². The van der Waals surface area contributed by atoms with Gasteiger partial charge >= 0.3 is 5.97 Å². The number of aryl methyl sites for hydroxylation is 1. The van der Waals surface area contributed by atoms with Gasteiger partial charge in [-0.15, -0.1) is 0 Å². The zero-order chi connectivity index (χ0) is 15.6. The molecule has 6 nitrogen and oxygen atoms in total. The van der Waals surface area contributed by atoms with E-state index < -0.39 is 11.9 Å². The maximum Gasteiger partial charge on any atom is 0.339 e. The third kappa shape index (κ3) is 3.17. The third-order valence-corrected chi connectivity index (χ3v) is 3.04. The fourth-order valence-corrected chi connectivity index (χ4v) is 1.94. The van der Waals surface area contributed by atoms with Crippen LogP contribution in [-0.4, -0.2) is 24.1 Å². The summed E-state index contributed by atoms with van der Waals surface area (Å²) >= 11 is 5.97. The summed E-state index contributed by atoms with van der Waals surface area (Å²) in [5.41, 5.74) is 0.145. The monoisotopic (exact) mass is 309 g/mol. The number of hydrogen-bond donors (Lipinski definition) is 2. The van der Waals surface area contributed by atoms with Crippen molar-refractivity contribution in [3.63, 3.8) is 0 Å². The molecule has 0 spiro atoms. The highest BCUT2D eigenvalue weighted by Gasteiger charge is 2.17. The molecule has 0 radical (unpaired) electrons. The molecule has 2 aromatic rings. The summed E-state index contributed by atoms with van der Waals surface area (Å²) in [5, 5.41) is 11.7. The minimum Gasteiger partial charge on any atom is -0.496 e. The Kier molecular flexibility index (Phi) is 4.18. The first-order chi connectivity index (χ1) is 9.92. The van der Waals surface area contributed by atoms with Crippen LogP contribution < -0.4 is 10.1 Å². The Bertz CT molecular complexity index is 707. The molecule has 0 aliphatic carbocycles. The van der Waals surface area contributed by atoms with E-state index in [0.717, 1.165) is 0 Å². The molecule has 0 bridgehead atoms. The number of ether oxygens (including phenoxy) is 1. The van der Waals surface area contributed by atoms with Crippen LogP contribution in [0.1, 0.15) is 26.7 Å². The maximum atomic E-state index is 12.0. The number of benzene rings is 1. The molecule has 7 heteroatoms. The van der Waals surface area contributed by atoms with Crippen LogP contribution in [0.15, 0.2) is 28.7 Å². The van der Waals surface area contributed by atoms with Crippen molar-refractivity contribution in [3.05, 3.63) is 46.4 Å². The van der Waals surface area contributed by atoms with Crippen LogP contribution in [0, 0.1) is 6.92 Å². The molecule has 1 aromatic heterocycles. The highest BCUT2D eigenvalue weighted by Crippen LogP contribution is 2.31. The van der Waals surface area contributed by atoms with Gasteiger partial charge in [0, 0.05) is 6.07 Å². The largest absolute Gasteiger partial charge is 0.496 e. The summed E-state index contributed by atoms with van der Waals surface area (Å²) in [6.45, 7) is 1.72. The minimum atomic E-state index is -1.17. The summed E-state index contributed by atoms with van der Waals surface area (Å²) in [6, 6.07) is 5.75. The Hall–Kier alpha value is -2.47. The number of carboxylic acid groups (broad SMARTS) is 1. The average Bonchev–Trinajstić information content (AvgIpc) is 2.87. The number of halogens is 1. The van der Waals surface area contributed by atoms with Crippen molar-refractivity contribution in [3.8, 4) is 5.75 Å². The Balaban J connectivity index is 2.32. The van der Waals surface area contributed by atoms with Crippen LogP contribution in [-0.2, 0) is 0 Å². The second-order valence-corrected chi connectivity index (χ2v) is 4.61. The van der Waals surface area contributed by atoms with Crippen molar-refractivity contribution in [1.82, 2.24) is 0 Å². The second-order valence-electron chi connectivity index (χ2n) is 4.20. The Morgan fingerprint density at radius 2 is 2.05 bits per heavy atom. The van der Waals surface area contributed by atoms with Crippen molar-refractivity contribution in [2.45, 2.75) is 6.92 Å². The third-order valence-electron chi connectivity index (χ3n) is 2.73. The van der Waals surface area contributed by atoms with Crippen LogP contribution in [0.3, 0.4) is 0 Å². The summed E-state index contributed by atoms with van der Waals surface area (Å²) in [6.07, 6.45) is 0. The number of methoxy groups -OCH3 is 1. The first kappa shape index (κ1) is 14.9. The van der Waals surface area contributed by atoms with Gasteiger partial charge in [0.15, 0.2) is 5.76 Å². The summed E-state index contributed by atoms with van der Waals surface area (Å²) in [4.78, 5) is 23.0. The predicted molar refractivity (Wildman–Crippen MR) is 76.4 cm³/mol. The molecule has 1 aromatic carbocycles. The number of furan rings is 1. The lowest BCUT2D eigenvalue weighted by Gasteiger charge is -2.10. The number of anilines is 1. The summed E-state index contributed by atoms with van der Waals surface area (Å²) in [5.74, 6) is -0.837. The van der Waals surface area contributed by atoms with E-state index in [2.05, 4.69) is 5.32 Å². The van der Waals surface area contributed by atoms with Gasteiger partial charge in [0.05, 0.1) is 17.8 Å². The molecule has 0 aliphatic heterocycles. The second kappa shape index (κ2) is 5.88. The van der Waals surface area contributed by atoms with E-state index >= 15 is 0 Å². The van der Waals surface area contributed by atoms with Gasteiger partial charge in [0.2, 0.25) is 0 Å². The molecule has 1 amide bonds. The van der Waals surface area contributed by atoms with Gasteiger partial charge in [-0.25, -0.2) is 4.79 Å². The van der Waals surface area contributed by atoms with E-state index in [4.69, 9.17) is 25.9 Å². The predicted octanol–water partition coefficient (Wildman–Crippen LogP) is 3.20. The highest BCUT2D eigenvalue weighted by atomic mass is 35.5. The fourth-order valence-electron chi connectivity index (χ4n) is 1.73. The SMILES string of the molecule is COc1cc(NC(=O)c2ccc(C)o2)c(Cl)cc1C(=O)O. The minimum absolute atomic E-state index is 0.0878. The number of nitrogens with one attached hydrogen (secondary N) is 1. The first-order valence-corrected chi connectivity index (χ1v) is 6.28. The molecule has 21 heavy (non-hydrogen) atoms. The van der Waals surface area contributed by atoms with E-state index in [1.54, 1.807) is 13.0 Å². The number of carbonyl (C=O) groups is 2. The number of carbonyl (C=O) groups excluding carboxylic acids is 1. The van der Waals surface area contributed by atoms with Crippen LogP contribution in [0.5, 0.6) is 5.75 Å². The van der Waals surface area contributed by atoms with E-state index in [0.29, 0.717) is 5.76 Å². The fraction of sp³-hybridized carbons (Fsp3) is 0.143. The molecule has 0 unspecified atom stereocenters. The molecule has 2 rings (SSSR count). The number of carboxylic acids is 1. The van der Waals surface area contributed by atoms with Gasteiger partial charge in [0.1, 0.15) is 17.1 Å². The standard InChI is InChI=1S/C14H12ClNO5/c1-7-3-4-11(21-7)13(17)16-10-6-12(20-2)8(14(18)19)5-9(10)15/h3-6H,1-2H3,(H,16,17)(H,18,19). The van der Waals surface area contributed by atoms with Crippen molar-refractivity contribution < 1.29 is 23.8 Å². The molecule has 0 saturated heterocycles. The molecule has 0 saturated carbocycles. The van der Waals surface area contributed by atoms with Gasteiger partial charge in [-0.3, -0.25) is 4.79 Å². The summed E-state index contributed by atoms with van der Waals surface area (Å²) in [7, 11) is 1.33. The number of hydrogen-bond acceptors (Lipinski definition) is 4. The quantitative estimate of drug-likeness (QED) is 0.905. The van der Waals surface area contributed by atoms with Gasteiger partial charge in [-0.05, 0) is 25.1 Å². The maximum absolute atomic E-state index is 12.0. The normalized spacial score (nSPS) is 10.2. The lowest BCUT2D eigenvalue weighted by Crippen LogP contribution is -2.12.